The smallest absolute Gasteiger partial charge is 0.266 e. The second-order valence-corrected chi connectivity index (χ2v) is 8.07. The molecule has 0 radical (unpaired) electrons. The molecule has 1 aromatic carbocycles. The number of hydrogen-bond donors (Lipinski definition) is 1. The van der Waals surface area contributed by atoms with E-state index in [1.54, 1.807) is 0 Å². The van der Waals surface area contributed by atoms with Gasteiger partial charge in [-0.15, -0.1) is 11.3 Å². The number of nitriles is 2. The number of hydrogen-bond acceptors (Lipinski definition) is 4. The molecule has 0 aliphatic rings. The van der Waals surface area contributed by atoms with Gasteiger partial charge in [-0.3, -0.25) is 4.79 Å². The Kier molecular flexibility index (Phi) is 5.86. The highest BCUT2D eigenvalue weighted by Gasteiger charge is 2.19. The van der Waals surface area contributed by atoms with Crippen LogP contribution in [0.5, 0.6) is 0 Å². The highest BCUT2D eigenvalue weighted by Crippen LogP contribution is 2.34. The van der Waals surface area contributed by atoms with Crippen LogP contribution in [0.1, 0.15) is 33.0 Å². The fourth-order valence-electron chi connectivity index (χ4n) is 3.18. The molecule has 1 N–H and O–H groups in total. The van der Waals surface area contributed by atoms with Crippen molar-refractivity contribution >= 4 is 29.0 Å². The Labute approximate surface area is 178 Å². The number of nitrogens with one attached hydrogen (secondary N) is 1. The number of anilines is 1. The van der Waals surface area contributed by atoms with E-state index in [2.05, 4.69) is 11.4 Å². The van der Waals surface area contributed by atoms with Crippen molar-refractivity contribution in [1.82, 2.24) is 4.57 Å². The monoisotopic (exact) mass is 418 g/mol. The van der Waals surface area contributed by atoms with E-state index >= 15 is 0 Å². The molecule has 1 amide bonds. The second-order valence-electron chi connectivity index (χ2n) is 6.87. The summed E-state index contributed by atoms with van der Waals surface area (Å²) in [4.78, 5) is 13.6. The van der Waals surface area contributed by atoms with Gasteiger partial charge in [0, 0.05) is 22.0 Å². The van der Waals surface area contributed by atoms with E-state index in [1.807, 2.05) is 44.4 Å². The molecule has 0 saturated heterocycles. The summed E-state index contributed by atoms with van der Waals surface area (Å²) in [6.45, 7) is 7.71. The van der Waals surface area contributed by atoms with E-state index in [9.17, 15) is 19.7 Å². The van der Waals surface area contributed by atoms with Crippen LogP contribution in [-0.2, 0) is 4.79 Å². The molecular formula is C23H19FN4OS. The van der Waals surface area contributed by atoms with E-state index in [0.29, 0.717) is 16.8 Å². The van der Waals surface area contributed by atoms with Crippen molar-refractivity contribution in [2.45, 2.75) is 27.7 Å². The van der Waals surface area contributed by atoms with Gasteiger partial charge in [-0.2, -0.15) is 10.5 Å². The van der Waals surface area contributed by atoms with E-state index in [4.69, 9.17) is 0 Å². The third-order valence-corrected chi connectivity index (χ3v) is 6.11. The lowest BCUT2D eigenvalue weighted by molar-refractivity contribution is -0.112. The summed E-state index contributed by atoms with van der Waals surface area (Å²) in [6, 6.07) is 11.4. The Balaban J connectivity index is 1.99. The predicted molar refractivity (Wildman–Crippen MR) is 116 cm³/mol. The molecule has 0 spiro atoms. The molecule has 2 aromatic heterocycles. The quantitative estimate of drug-likeness (QED) is 0.459. The third-order valence-electron chi connectivity index (χ3n) is 4.92. The lowest BCUT2D eigenvalue weighted by Crippen LogP contribution is -2.13. The average molecular weight is 418 g/mol. The first-order valence-corrected chi connectivity index (χ1v) is 9.96. The number of amides is 1. The highest BCUT2D eigenvalue weighted by molar-refractivity contribution is 7.14. The summed E-state index contributed by atoms with van der Waals surface area (Å²) in [7, 11) is 0. The molecule has 3 rings (SSSR count). The fourth-order valence-corrected chi connectivity index (χ4v) is 4.40. The zero-order valence-corrected chi connectivity index (χ0v) is 17.8. The standard InChI is InChI=1S/C23H19FN4OS/c1-13-9-17(15(3)28(13)23-21(12-26)14(2)16(4)30-23)10-18(11-25)22(29)27-20-7-5-19(24)6-8-20/h5-10H,1-4H3,(H,27,29)/b18-10+. The number of aromatic nitrogens is 1. The lowest BCUT2D eigenvalue weighted by atomic mass is 10.1. The van der Waals surface area contributed by atoms with Gasteiger partial charge in [0.25, 0.3) is 5.91 Å². The van der Waals surface area contributed by atoms with Crippen LogP contribution in [0, 0.1) is 56.2 Å². The van der Waals surface area contributed by atoms with Gasteiger partial charge in [-0.05, 0) is 75.2 Å². The molecular weight excluding hydrogens is 399 g/mol. The van der Waals surface area contributed by atoms with Crippen LogP contribution in [0.25, 0.3) is 11.1 Å². The van der Waals surface area contributed by atoms with E-state index in [1.165, 1.54) is 41.7 Å². The molecule has 7 heteroatoms. The number of thiophene rings is 1. The van der Waals surface area contributed by atoms with Crippen molar-refractivity contribution in [3.8, 4) is 17.1 Å². The van der Waals surface area contributed by atoms with Crippen LogP contribution in [-0.4, -0.2) is 10.5 Å². The zero-order valence-electron chi connectivity index (χ0n) is 17.0. The molecule has 150 valence electrons. The van der Waals surface area contributed by atoms with Gasteiger partial charge < -0.3 is 9.88 Å². The Morgan fingerprint density at radius 2 is 1.83 bits per heavy atom. The summed E-state index contributed by atoms with van der Waals surface area (Å²) < 4.78 is 15.0. The zero-order chi connectivity index (χ0) is 22.0. The first kappa shape index (κ1) is 21.0. The predicted octanol–water partition coefficient (Wildman–Crippen LogP) is 5.33. The van der Waals surface area contributed by atoms with Crippen LogP contribution in [0.3, 0.4) is 0 Å². The van der Waals surface area contributed by atoms with Crippen LogP contribution >= 0.6 is 11.3 Å². The van der Waals surface area contributed by atoms with E-state index < -0.39 is 11.7 Å². The maximum atomic E-state index is 13.0. The second kappa shape index (κ2) is 8.36. The topological polar surface area (TPSA) is 81.6 Å². The van der Waals surface area contributed by atoms with Gasteiger partial charge in [0.05, 0.1) is 5.56 Å². The van der Waals surface area contributed by atoms with Gasteiger partial charge in [-0.25, -0.2) is 4.39 Å². The van der Waals surface area contributed by atoms with Crippen molar-refractivity contribution in [3.05, 3.63) is 74.7 Å². The Morgan fingerprint density at radius 1 is 1.17 bits per heavy atom. The highest BCUT2D eigenvalue weighted by atomic mass is 32.1. The summed E-state index contributed by atoms with van der Waals surface area (Å²) in [5, 5.41) is 22.5. The molecule has 0 aliphatic carbocycles. The van der Waals surface area contributed by atoms with Crippen molar-refractivity contribution in [2.24, 2.45) is 0 Å². The number of carbonyl (C=O) groups is 1. The summed E-state index contributed by atoms with van der Waals surface area (Å²) in [5.41, 5.74) is 4.35. The maximum absolute atomic E-state index is 13.0. The number of aryl methyl sites for hydroxylation is 2. The van der Waals surface area contributed by atoms with Crippen LogP contribution in [0.4, 0.5) is 10.1 Å². The number of benzene rings is 1. The number of rotatable bonds is 4. The van der Waals surface area contributed by atoms with Gasteiger partial charge >= 0.3 is 0 Å². The normalized spacial score (nSPS) is 11.1. The number of nitrogens with zero attached hydrogens (tertiary/aromatic N) is 3. The minimum Gasteiger partial charge on any atom is -0.321 e. The molecule has 0 fully saturated rings. The largest absolute Gasteiger partial charge is 0.321 e. The summed E-state index contributed by atoms with van der Waals surface area (Å²) in [5.74, 6) is -0.985. The molecule has 30 heavy (non-hydrogen) atoms. The number of carbonyl (C=O) groups excluding carboxylic acids is 1. The van der Waals surface area contributed by atoms with Crippen LogP contribution < -0.4 is 5.32 Å². The molecule has 2 heterocycles. The minimum absolute atomic E-state index is 0.0707. The molecule has 5 nitrogen and oxygen atoms in total. The van der Waals surface area contributed by atoms with Crippen molar-refractivity contribution < 1.29 is 9.18 Å². The summed E-state index contributed by atoms with van der Waals surface area (Å²) >= 11 is 1.54. The minimum atomic E-state index is -0.575. The molecule has 0 atom stereocenters. The van der Waals surface area contributed by atoms with Crippen LogP contribution in [0.15, 0.2) is 35.9 Å². The Bertz CT molecular complexity index is 1250. The Morgan fingerprint density at radius 3 is 2.43 bits per heavy atom. The van der Waals surface area contributed by atoms with E-state index in [-0.39, 0.29) is 5.57 Å². The van der Waals surface area contributed by atoms with Gasteiger partial charge in [0.2, 0.25) is 0 Å². The Hall–Kier alpha value is -3.68. The lowest BCUT2D eigenvalue weighted by Gasteiger charge is -2.08. The van der Waals surface area contributed by atoms with Crippen molar-refractivity contribution in [2.75, 3.05) is 5.32 Å². The molecule has 0 saturated carbocycles. The molecule has 3 aromatic rings. The fraction of sp³-hybridized carbons (Fsp3) is 0.174. The van der Waals surface area contributed by atoms with E-state index in [0.717, 1.165) is 26.8 Å². The van der Waals surface area contributed by atoms with Gasteiger partial charge in [-0.1, -0.05) is 0 Å². The first-order chi connectivity index (χ1) is 14.3. The summed E-state index contributed by atoms with van der Waals surface area (Å²) in [6.07, 6.45) is 1.52. The van der Waals surface area contributed by atoms with Crippen molar-refractivity contribution in [3.63, 3.8) is 0 Å². The molecule has 0 aliphatic heterocycles. The third kappa shape index (κ3) is 3.89. The molecule has 0 bridgehead atoms. The van der Waals surface area contributed by atoms with Gasteiger partial charge in [0.1, 0.15) is 28.5 Å². The SMILES string of the molecule is Cc1sc(-n2c(C)cc(/C=C(\C#N)C(=O)Nc3ccc(F)cc3)c2C)c(C#N)c1C. The average Bonchev–Trinajstić information content (AvgIpc) is 3.15. The van der Waals surface area contributed by atoms with Gasteiger partial charge in [0.15, 0.2) is 0 Å². The number of halogens is 1. The van der Waals surface area contributed by atoms with Crippen molar-refractivity contribution in [1.29, 1.82) is 10.5 Å². The molecule has 0 unspecified atom stereocenters. The van der Waals surface area contributed by atoms with Crippen LogP contribution in [0.2, 0.25) is 0 Å². The first-order valence-electron chi connectivity index (χ1n) is 9.15. The maximum Gasteiger partial charge on any atom is 0.266 e.